The van der Waals surface area contributed by atoms with Gasteiger partial charge in [0.2, 0.25) is 5.91 Å². The molecule has 1 aromatic heterocycles. The summed E-state index contributed by atoms with van der Waals surface area (Å²) in [5.41, 5.74) is 5.21. The van der Waals surface area contributed by atoms with Gasteiger partial charge in [-0.3, -0.25) is 4.79 Å². The molecule has 2 rings (SSSR count). The van der Waals surface area contributed by atoms with Crippen molar-refractivity contribution < 1.29 is 14.0 Å². The van der Waals surface area contributed by atoms with E-state index in [2.05, 4.69) is 5.32 Å². The van der Waals surface area contributed by atoms with Crippen molar-refractivity contribution in [2.75, 3.05) is 13.1 Å². The first-order chi connectivity index (χ1) is 9.95. The van der Waals surface area contributed by atoms with Gasteiger partial charge in [0.1, 0.15) is 11.5 Å². The smallest absolute Gasteiger partial charge is 0.317 e. The quantitative estimate of drug-likeness (QED) is 0.889. The minimum Gasteiger partial charge on any atom is -0.464 e. The molecule has 0 saturated carbocycles. The third-order valence-electron chi connectivity index (χ3n) is 3.92. The number of nitrogens with one attached hydrogen (secondary N) is 1. The second kappa shape index (κ2) is 6.65. The van der Waals surface area contributed by atoms with Gasteiger partial charge in [0, 0.05) is 19.5 Å². The number of carbonyl (C=O) groups excluding carboxylic acids is 2. The number of hydrogen-bond donors (Lipinski definition) is 2. The molecule has 1 aromatic rings. The van der Waals surface area contributed by atoms with Crippen molar-refractivity contribution >= 4 is 11.9 Å². The highest BCUT2D eigenvalue weighted by Gasteiger charge is 2.25. The predicted molar refractivity (Wildman–Crippen MR) is 78.5 cm³/mol. The van der Waals surface area contributed by atoms with Crippen molar-refractivity contribution in [1.29, 1.82) is 0 Å². The number of hydrogen-bond acceptors (Lipinski definition) is 3. The molecule has 0 radical (unpaired) electrons. The van der Waals surface area contributed by atoms with E-state index in [-0.39, 0.29) is 18.0 Å². The summed E-state index contributed by atoms with van der Waals surface area (Å²) in [4.78, 5) is 24.9. The zero-order valence-corrected chi connectivity index (χ0v) is 12.6. The number of nitrogens with two attached hydrogens (primary N) is 1. The third kappa shape index (κ3) is 4.24. The van der Waals surface area contributed by atoms with Gasteiger partial charge in [0.25, 0.3) is 0 Å². The van der Waals surface area contributed by atoms with Gasteiger partial charge < -0.3 is 20.4 Å². The molecule has 0 spiro atoms. The van der Waals surface area contributed by atoms with Crippen LogP contribution in [0.2, 0.25) is 0 Å². The molecule has 3 amide bonds. The molecular weight excluding hydrogens is 270 g/mol. The van der Waals surface area contributed by atoms with Gasteiger partial charge in [-0.05, 0) is 44.7 Å². The average molecular weight is 293 g/mol. The summed E-state index contributed by atoms with van der Waals surface area (Å²) in [6.07, 6.45) is 2.06. The van der Waals surface area contributed by atoms with Crippen molar-refractivity contribution in [1.82, 2.24) is 10.2 Å². The van der Waals surface area contributed by atoms with Crippen LogP contribution < -0.4 is 11.1 Å². The Morgan fingerprint density at radius 2 is 2.10 bits per heavy atom. The maximum absolute atomic E-state index is 12.2. The molecule has 21 heavy (non-hydrogen) atoms. The number of furan rings is 1. The van der Waals surface area contributed by atoms with Crippen molar-refractivity contribution in [3.63, 3.8) is 0 Å². The molecular formula is C15H23N3O3. The lowest BCUT2D eigenvalue weighted by Gasteiger charge is -2.32. The summed E-state index contributed by atoms with van der Waals surface area (Å²) in [7, 11) is 0. The standard InChI is InChI=1S/C15H23N3O3/c1-10-3-4-13(21-10)11(2)17-15(20)18-7-5-12(6-8-18)9-14(16)19/h3-4,11-12H,5-9H2,1-2H3,(H2,16,19)(H,17,20). The van der Waals surface area contributed by atoms with Crippen LogP contribution in [-0.4, -0.2) is 29.9 Å². The monoisotopic (exact) mass is 293 g/mol. The number of aryl methyl sites for hydroxylation is 1. The molecule has 1 saturated heterocycles. The Morgan fingerprint density at radius 3 is 2.62 bits per heavy atom. The average Bonchev–Trinajstić information content (AvgIpc) is 2.85. The first-order valence-electron chi connectivity index (χ1n) is 7.35. The van der Waals surface area contributed by atoms with E-state index < -0.39 is 0 Å². The first-order valence-corrected chi connectivity index (χ1v) is 7.35. The highest BCUT2D eigenvalue weighted by Crippen LogP contribution is 2.21. The summed E-state index contributed by atoms with van der Waals surface area (Å²) in [6.45, 7) is 5.10. The van der Waals surface area contributed by atoms with Crippen LogP contribution in [0.25, 0.3) is 0 Å². The molecule has 0 aliphatic carbocycles. The number of piperidine rings is 1. The van der Waals surface area contributed by atoms with Crippen molar-refractivity contribution in [3.05, 3.63) is 23.7 Å². The van der Waals surface area contributed by atoms with Crippen LogP contribution >= 0.6 is 0 Å². The van der Waals surface area contributed by atoms with Crippen LogP contribution in [0.15, 0.2) is 16.5 Å². The zero-order chi connectivity index (χ0) is 15.4. The normalized spacial score (nSPS) is 17.5. The molecule has 116 valence electrons. The highest BCUT2D eigenvalue weighted by atomic mass is 16.3. The second-order valence-corrected chi connectivity index (χ2v) is 5.72. The summed E-state index contributed by atoms with van der Waals surface area (Å²) in [5, 5.41) is 2.94. The first kappa shape index (κ1) is 15.4. The predicted octanol–water partition coefficient (Wildman–Crippen LogP) is 1.95. The highest BCUT2D eigenvalue weighted by molar-refractivity contribution is 5.75. The fraction of sp³-hybridized carbons (Fsp3) is 0.600. The van der Waals surface area contributed by atoms with Crippen LogP contribution in [0.4, 0.5) is 4.79 Å². The van der Waals surface area contributed by atoms with Gasteiger partial charge >= 0.3 is 6.03 Å². The lowest BCUT2D eigenvalue weighted by atomic mass is 9.93. The minimum absolute atomic E-state index is 0.0888. The number of likely N-dealkylation sites (tertiary alicyclic amines) is 1. The maximum Gasteiger partial charge on any atom is 0.317 e. The summed E-state index contributed by atoms with van der Waals surface area (Å²) in [5.74, 6) is 1.62. The summed E-state index contributed by atoms with van der Waals surface area (Å²) in [6, 6.07) is 3.51. The number of rotatable bonds is 4. The van der Waals surface area contributed by atoms with Gasteiger partial charge in [0.15, 0.2) is 0 Å². The fourth-order valence-electron chi connectivity index (χ4n) is 2.66. The topological polar surface area (TPSA) is 88.6 Å². The van der Waals surface area contributed by atoms with Crippen LogP contribution in [0, 0.1) is 12.8 Å². The number of urea groups is 1. The Kier molecular flexibility index (Phi) is 4.88. The Bertz CT molecular complexity index is 504. The number of amides is 3. The van der Waals surface area contributed by atoms with Gasteiger partial charge in [-0.25, -0.2) is 4.79 Å². The van der Waals surface area contributed by atoms with E-state index in [4.69, 9.17) is 10.2 Å². The molecule has 1 aliphatic heterocycles. The minimum atomic E-state index is -0.264. The third-order valence-corrected chi connectivity index (χ3v) is 3.92. The van der Waals surface area contributed by atoms with E-state index in [9.17, 15) is 9.59 Å². The SMILES string of the molecule is Cc1ccc(C(C)NC(=O)N2CCC(CC(N)=O)CC2)o1. The molecule has 1 atom stereocenters. The Morgan fingerprint density at radius 1 is 1.43 bits per heavy atom. The number of primary amides is 1. The van der Waals surface area contributed by atoms with Gasteiger partial charge in [-0.15, -0.1) is 0 Å². The Balaban J connectivity index is 1.80. The lowest BCUT2D eigenvalue weighted by molar-refractivity contribution is -0.119. The van der Waals surface area contributed by atoms with E-state index in [1.807, 2.05) is 26.0 Å². The lowest BCUT2D eigenvalue weighted by Crippen LogP contribution is -2.45. The maximum atomic E-state index is 12.2. The second-order valence-electron chi connectivity index (χ2n) is 5.72. The van der Waals surface area contributed by atoms with Crippen LogP contribution in [0.1, 0.15) is 43.7 Å². The summed E-state index contributed by atoms with van der Waals surface area (Å²) >= 11 is 0. The van der Waals surface area contributed by atoms with Crippen molar-refractivity contribution in [2.24, 2.45) is 11.7 Å². The molecule has 3 N–H and O–H groups in total. The number of nitrogens with zero attached hydrogens (tertiary/aromatic N) is 1. The van der Waals surface area contributed by atoms with Gasteiger partial charge in [-0.1, -0.05) is 0 Å². The van der Waals surface area contributed by atoms with Crippen LogP contribution in [0.3, 0.4) is 0 Å². The molecule has 6 heteroatoms. The summed E-state index contributed by atoms with van der Waals surface area (Å²) < 4.78 is 5.51. The molecule has 2 heterocycles. The van der Waals surface area contributed by atoms with E-state index in [0.717, 1.165) is 24.4 Å². The van der Waals surface area contributed by atoms with Gasteiger partial charge in [-0.2, -0.15) is 0 Å². The molecule has 1 aliphatic rings. The van der Waals surface area contributed by atoms with Crippen LogP contribution in [0.5, 0.6) is 0 Å². The Hall–Kier alpha value is -1.98. The fourth-order valence-corrected chi connectivity index (χ4v) is 2.66. The van der Waals surface area contributed by atoms with Crippen molar-refractivity contribution in [3.8, 4) is 0 Å². The number of carbonyl (C=O) groups is 2. The van der Waals surface area contributed by atoms with Gasteiger partial charge in [0.05, 0.1) is 6.04 Å². The van der Waals surface area contributed by atoms with E-state index in [0.29, 0.717) is 25.4 Å². The Labute approximate surface area is 124 Å². The molecule has 0 bridgehead atoms. The van der Waals surface area contributed by atoms with E-state index in [1.54, 1.807) is 4.90 Å². The molecule has 1 fully saturated rings. The molecule has 6 nitrogen and oxygen atoms in total. The molecule has 0 aromatic carbocycles. The van der Waals surface area contributed by atoms with E-state index in [1.165, 1.54) is 0 Å². The van der Waals surface area contributed by atoms with Crippen molar-refractivity contribution in [2.45, 2.75) is 39.2 Å². The molecule has 1 unspecified atom stereocenters. The van der Waals surface area contributed by atoms with Crippen LogP contribution in [-0.2, 0) is 4.79 Å². The van der Waals surface area contributed by atoms with E-state index >= 15 is 0 Å². The largest absolute Gasteiger partial charge is 0.464 e. The zero-order valence-electron chi connectivity index (χ0n) is 12.6.